The lowest BCUT2D eigenvalue weighted by atomic mass is 10.0. The van der Waals surface area contributed by atoms with Gasteiger partial charge < -0.3 is 20.3 Å². The lowest BCUT2D eigenvalue weighted by Gasteiger charge is -2.34. The molecule has 2 N–H and O–H groups in total. The average molecular weight is 367 g/mol. The summed E-state index contributed by atoms with van der Waals surface area (Å²) in [7, 11) is 0. The molecule has 0 unspecified atom stereocenters. The Hall–Kier alpha value is -1.73. The first-order valence-corrected chi connectivity index (χ1v) is 9.18. The highest BCUT2D eigenvalue weighted by atomic mass is 32.1. The summed E-state index contributed by atoms with van der Waals surface area (Å²) >= 11 is 5.41. The molecular formula is C18H26FN3O2S. The molecule has 0 atom stereocenters. The monoisotopic (exact) mass is 367 g/mol. The zero-order valence-electron chi connectivity index (χ0n) is 14.6. The maximum atomic E-state index is 13.7. The Labute approximate surface area is 153 Å². The van der Waals surface area contributed by atoms with Crippen LogP contribution in [0.25, 0.3) is 0 Å². The van der Waals surface area contributed by atoms with Gasteiger partial charge in [0.25, 0.3) is 5.91 Å². The van der Waals surface area contributed by atoms with Crippen molar-refractivity contribution in [1.29, 1.82) is 0 Å². The minimum Gasteiger partial charge on any atom is -0.382 e. The summed E-state index contributed by atoms with van der Waals surface area (Å²) in [5, 5.41) is 6.90. The Balaban J connectivity index is 1.70. The third kappa shape index (κ3) is 6.25. The number of rotatable bonds is 7. The van der Waals surface area contributed by atoms with E-state index in [1.54, 1.807) is 12.1 Å². The van der Waals surface area contributed by atoms with Crippen molar-refractivity contribution in [1.82, 2.24) is 15.5 Å². The van der Waals surface area contributed by atoms with Crippen LogP contribution >= 0.6 is 12.2 Å². The van der Waals surface area contributed by atoms with Crippen molar-refractivity contribution in [3.8, 4) is 0 Å². The van der Waals surface area contributed by atoms with Crippen molar-refractivity contribution in [2.45, 2.75) is 32.2 Å². The maximum Gasteiger partial charge on any atom is 0.254 e. The summed E-state index contributed by atoms with van der Waals surface area (Å²) < 4.78 is 18.9. The summed E-state index contributed by atoms with van der Waals surface area (Å²) in [5.74, 6) is -0.844. The van der Waals surface area contributed by atoms with Crippen LogP contribution in [-0.4, -0.2) is 54.8 Å². The highest BCUT2D eigenvalue weighted by Gasteiger charge is 2.23. The zero-order chi connectivity index (χ0) is 18.1. The standard InChI is InChI=1S/C18H26FN3O2S/c1-2-24-13-5-10-20-18(25)22-11-8-14(9-12-22)21-17(23)15-6-3-4-7-16(15)19/h3-4,6-7,14H,2,5,8-13H2,1H3,(H,20,25)(H,21,23). The molecular weight excluding hydrogens is 341 g/mol. The van der Waals surface area contributed by atoms with Crippen molar-refractivity contribution < 1.29 is 13.9 Å². The zero-order valence-corrected chi connectivity index (χ0v) is 15.4. The molecule has 5 nitrogen and oxygen atoms in total. The second kappa shape index (κ2) is 10.3. The number of hydrogen-bond donors (Lipinski definition) is 2. The van der Waals surface area contributed by atoms with Crippen molar-refractivity contribution in [3.63, 3.8) is 0 Å². The fourth-order valence-electron chi connectivity index (χ4n) is 2.76. The molecule has 1 aromatic rings. The highest BCUT2D eigenvalue weighted by molar-refractivity contribution is 7.80. The van der Waals surface area contributed by atoms with Crippen molar-refractivity contribution in [3.05, 3.63) is 35.6 Å². The first-order valence-electron chi connectivity index (χ1n) is 8.77. The number of ether oxygens (including phenoxy) is 1. The number of thiocarbonyl (C=S) groups is 1. The summed E-state index contributed by atoms with van der Waals surface area (Å²) in [6.45, 7) is 5.79. The van der Waals surface area contributed by atoms with E-state index in [4.69, 9.17) is 17.0 Å². The van der Waals surface area contributed by atoms with Crippen LogP contribution in [0.2, 0.25) is 0 Å². The van der Waals surface area contributed by atoms with Crippen molar-refractivity contribution >= 4 is 23.2 Å². The van der Waals surface area contributed by atoms with Crippen LogP contribution in [-0.2, 0) is 4.74 Å². The molecule has 1 fully saturated rings. The van der Waals surface area contributed by atoms with Crippen LogP contribution in [0.5, 0.6) is 0 Å². The molecule has 0 aromatic heterocycles. The average Bonchev–Trinajstić information content (AvgIpc) is 2.62. The number of likely N-dealkylation sites (tertiary alicyclic amines) is 1. The first-order chi connectivity index (χ1) is 12.1. The Bertz CT molecular complexity index is 577. The van der Waals surface area contributed by atoms with Gasteiger partial charge in [-0.3, -0.25) is 4.79 Å². The second-order valence-corrected chi connectivity index (χ2v) is 6.38. The third-order valence-corrected chi connectivity index (χ3v) is 4.58. The van der Waals surface area contributed by atoms with Gasteiger partial charge in [0.05, 0.1) is 5.56 Å². The summed E-state index contributed by atoms with van der Waals surface area (Å²) in [4.78, 5) is 14.3. The summed E-state index contributed by atoms with van der Waals surface area (Å²) in [6.07, 6.45) is 2.51. The van der Waals surface area contributed by atoms with Gasteiger partial charge in [-0.15, -0.1) is 0 Å². The van der Waals surface area contributed by atoms with Crippen LogP contribution < -0.4 is 10.6 Å². The molecule has 1 saturated heterocycles. The van der Waals surface area contributed by atoms with Gasteiger partial charge in [0.15, 0.2) is 5.11 Å². The summed E-state index contributed by atoms with van der Waals surface area (Å²) in [5.41, 5.74) is 0.0939. The van der Waals surface area contributed by atoms with E-state index in [1.807, 2.05) is 6.92 Å². The fraction of sp³-hybridized carbons (Fsp3) is 0.556. The van der Waals surface area contributed by atoms with Gasteiger partial charge in [-0.25, -0.2) is 4.39 Å². The molecule has 1 amide bonds. The Morgan fingerprint density at radius 1 is 1.36 bits per heavy atom. The number of halogens is 1. The van der Waals surface area contributed by atoms with E-state index < -0.39 is 5.82 Å². The smallest absolute Gasteiger partial charge is 0.254 e. The van der Waals surface area contributed by atoms with E-state index >= 15 is 0 Å². The van der Waals surface area contributed by atoms with E-state index in [1.165, 1.54) is 12.1 Å². The molecule has 1 aliphatic heterocycles. The van der Waals surface area contributed by atoms with Crippen LogP contribution in [0, 0.1) is 5.82 Å². The van der Waals surface area contributed by atoms with Crippen LogP contribution in [0.1, 0.15) is 36.5 Å². The van der Waals surface area contributed by atoms with E-state index in [0.717, 1.165) is 57.2 Å². The molecule has 1 aromatic carbocycles. The lowest BCUT2D eigenvalue weighted by Crippen LogP contribution is -2.49. The number of hydrogen-bond acceptors (Lipinski definition) is 3. The number of piperidine rings is 1. The first kappa shape index (κ1) is 19.6. The molecule has 1 heterocycles. The predicted octanol–water partition coefficient (Wildman–Crippen LogP) is 2.32. The number of carbonyl (C=O) groups is 1. The molecule has 0 saturated carbocycles. The van der Waals surface area contributed by atoms with Crippen LogP contribution in [0.3, 0.4) is 0 Å². The molecule has 2 rings (SSSR count). The topological polar surface area (TPSA) is 53.6 Å². The Kier molecular flexibility index (Phi) is 8.08. The third-order valence-electron chi connectivity index (χ3n) is 4.18. The molecule has 0 bridgehead atoms. The van der Waals surface area contributed by atoms with Gasteiger partial charge in [0.1, 0.15) is 5.82 Å². The van der Waals surface area contributed by atoms with Crippen LogP contribution in [0.15, 0.2) is 24.3 Å². The van der Waals surface area contributed by atoms with E-state index in [-0.39, 0.29) is 17.5 Å². The second-order valence-electron chi connectivity index (χ2n) is 6.00. The molecule has 1 aliphatic rings. The van der Waals surface area contributed by atoms with Gasteiger partial charge in [0.2, 0.25) is 0 Å². The van der Waals surface area contributed by atoms with Gasteiger partial charge in [-0.1, -0.05) is 12.1 Å². The van der Waals surface area contributed by atoms with Gasteiger partial charge in [-0.2, -0.15) is 0 Å². The summed E-state index contributed by atoms with van der Waals surface area (Å²) in [6, 6.07) is 6.08. The van der Waals surface area contributed by atoms with E-state index in [9.17, 15) is 9.18 Å². The Morgan fingerprint density at radius 3 is 2.76 bits per heavy atom. The van der Waals surface area contributed by atoms with Gasteiger partial charge in [-0.05, 0) is 50.5 Å². The normalized spacial score (nSPS) is 15.0. The number of benzene rings is 1. The minimum absolute atomic E-state index is 0.0455. The van der Waals surface area contributed by atoms with Crippen molar-refractivity contribution in [2.24, 2.45) is 0 Å². The highest BCUT2D eigenvalue weighted by Crippen LogP contribution is 2.13. The maximum absolute atomic E-state index is 13.7. The number of nitrogens with one attached hydrogen (secondary N) is 2. The molecule has 25 heavy (non-hydrogen) atoms. The molecule has 0 radical (unpaired) electrons. The molecule has 0 spiro atoms. The SMILES string of the molecule is CCOCCCNC(=S)N1CCC(NC(=O)c2ccccc2F)CC1. The quantitative estimate of drug-likeness (QED) is 0.572. The van der Waals surface area contributed by atoms with Gasteiger partial charge >= 0.3 is 0 Å². The number of nitrogens with zero attached hydrogens (tertiary/aromatic N) is 1. The minimum atomic E-state index is -0.491. The van der Waals surface area contributed by atoms with Crippen molar-refractivity contribution in [2.75, 3.05) is 32.8 Å². The number of amides is 1. The predicted molar refractivity (Wildman–Crippen MR) is 100 cm³/mol. The largest absolute Gasteiger partial charge is 0.382 e. The fourth-order valence-corrected chi connectivity index (χ4v) is 3.05. The van der Waals surface area contributed by atoms with Crippen LogP contribution in [0.4, 0.5) is 4.39 Å². The number of carbonyl (C=O) groups excluding carboxylic acids is 1. The lowest BCUT2D eigenvalue weighted by molar-refractivity contribution is 0.0918. The van der Waals surface area contributed by atoms with E-state index in [0.29, 0.717) is 0 Å². The van der Waals surface area contributed by atoms with Gasteiger partial charge in [0, 0.05) is 38.9 Å². The van der Waals surface area contributed by atoms with E-state index in [2.05, 4.69) is 15.5 Å². The molecule has 138 valence electrons. The molecule has 7 heteroatoms. The molecule has 0 aliphatic carbocycles. The Morgan fingerprint density at radius 2 is 2.08 bits per heavy atom.